The fourth-order valence-electron chi connectivity index (χ4n) is 2.15. The third-order valence-corrected chi connectivity index (χ3v) is 3.23. The summed E-state index contributed by atoms with van der Waals surface area (Å²) < 4.78 is 0. The van der Waals surface area contributed by atoms with Crippen LogP contribution >= 0.6 is 0 Å². The van der Waals surface area contributed by atoms with E-state index in [1.54, 1.807) is 0 Å². The van der Waals surface area contributed by atoms with Crippen molar-refractivity contribution >= 4 is 5.78 Å². The molecular weight excluding hydrogens is 202 g/mol. The van der Waals surface area contributed by atoms with Gasteiger partial charge in [0.05, 0.1) is 0 Å². The molecule has 3 atom stereocenters. The standard InChI is InChI=1S/C13H15NO2/c1-2-12(14-16)13(15)11-8-10(11)9-6-4-3-5-7-9/h3-7,10-12H,2,8H2,1H3. The van der Waals surface area contributed by atoms with Crippen LogP contribution in [0.1, 0.15) is 31.2 Å². The molecule has 1 aliphatic rings. The highest BCUT2D eigenvalue weighted by atomic mass is 16.3. The third kappa shape index (κ3) is 2.03. The van der Waals surface area contributed by atoms with Crippen molar-refractivity contribution in [2.75, 3.05) is 0 Å². The minimum atomic E-state index is -0.640. The van der Waals surface area contributed by atoms with E-state index in [-0.39, 0.29) is 11.7 Å². The Morgan fingerprint density at radius 3 is 2.69 bits per heavy atom. The Bertz CT molecular complexity index is 388. The monoisotopic (exact) mass is 217 g/mol. The zero-order valence-electron chi connectivity index (χ0n) is 9.30. The summed E-state index contributed by atoms with van der Waals surface area (Å²) in [6.45, 7) is 1.82. The quantitative estimate of drug-likeness (QED) is 0.712. The highest BCUT2D eigenvalue weighted by Crippen LogP contribution is 2.48. The minimum Gasteiger partial charge on any atom is -0.297 e. The first kappa shape index (κ1) is 11.0. The van der Waals surface area contributed by atoms with Crippen molar-refractivity contribution in [1.82, 2.24) is 0 Å². The smallest absolute Gasteiger partial charge is 0.164 e. The lowest BCUT2D eigenvalue weighted by Gasteiger charge is -2.04. The van der Waals surface area contributed by atoms with Crippen molar-refractivity contribution < 1.29 is 4.79 Å². The first-order chi connectivity index (χ1) is 7.77. The summed E-state index contributed by atoms with van der Waals surface area (Å²) in [5, 5.41) is 2.90. The van der Waals surface area contributed by atoms with Crippen molar-refractivity contribution in [1.29, 1.82) is 0 Å². The van der Waals surface area contributed by atoms with E-state index in [1.165, 1.54) is 5.56 Å². The summed E-state index contributed by atoms with van der Waals surface area (Å²) in [6, 6.07) is 9.35. The molecule has 1 aromatic rings. The molecule has 0 amide bonds. The molecule has 0 N–H and O–H groups in total. The Labute approximate surface area is 94.8 Å². The number of benzene rings is 1. The first-order valence-corrected chi connectivity index (χ1v) is 5.69. The molecular formula is C13H15NO2. The van der Waals surface area contributed by atoms with E-state index in [9.17, 15) is 9.70 Å². The van der Waals surface area contributed by atoms with Gasteiger partial charge in [-0.15, -0.1) is 0 Å². The van der Waals surface area contributed by atoms with Gasteiger partial charge >= 0.3 is 0 Å². The molecule has 0 bridgehead atoms. The van der Waals surface area contributed by atoms with Crippen LogP contribution in [0.5, 0.6) is 0 Å². The fraction of sp³-hybridized carbons (Fsp3) is 0.462. The van der Waals surface area contributed by atoms with Gasteiger partial charge in [0.15, 0.2) is 11.8 Å². The molecule has 3 heteroatoms. The van der Waals surface area contributed by atoms with Crippen LogP contribution in [0.15, 0.2) is 35.5 Å². The lowest BCUT2D eigenvalue weighted by atomic mass is 10.0. The number of carbonyl (C=O) groups excluding carboxylic acids is 1. The zero-order chi connectivity index (χ0) is 11.5. The number of hydrogen-bond acceptors (Lipinski definition) is 3. The number of carbonyl (C=O) groups is 1. The van der Waals surface area contributed by atoms with Crippen molar-refractivity contribution in [3.63, 3.8) is 0 Å². The number of nitroso groups, excluding NO2 is 1. The van der Waals surface area contributed by atoms with Gasteiger partial charge in [0.25, 0.3) is 0 Å². The van der Waals surface area contributed by atoms with E-state index in [1.807, 2.05) is 37.3 Å². The number of hydrogen-bond donors (Lipinski definition) is 0. The van der Waals surface area contributed by atoms with Crippen molar-refractivity contribution in [3.05, 3.63) is 40.8 Å². The van der Waals surface area contributed by atoms with Crippen LogP contribution in [0, 0.1) is 10.8 Å². The van der Waals surface area contributed by atoms with E-state index in [0.29, 0.717) is 12.3 Å². The normalized spacial score (nSPS) is 24.8. The average molecular weight is 217 g/mol. The van der Waals surface area contributed by atoms with E-state index in [4.69, 9.17) is 0 Å². The van der Waals surface area contributed by atoms with Crippen molar-refractivity contribution in [2.24, 2.45) is 11.1 Å². The Kier molecular flexibility index (Phi) is 3.13. The first-order valence-electron chi connectivity index (χ1n) is 5.69. The van der Waals surface area contributed by atoms with Gasteiger partial charge in [0.2, 0.25) is 0 Å². The lowest BCUT2D eigenvalue weighted by Crippen LogP contribution is -2.19. The predicted molar refractivity (Wildman–Crippen MR) is 62.2 cm³/mol. The van der Waals surface area contributed by atoms with Crippen LogP contribution in [0.3, 0.4) is 0 Å². The van der Waals surface area contributed by atoms with Gasteiger partial charge in [-0.25, -0.2) is 0 Å². The molecule has 0 radical (unpaired) electrons. The van der Waals surface area contributed by atoms with Gasteiger partial charge in [-0.2, -0.15) is 4.91 Å². The Morgan fingerprint density at radius 1 is 1.44 bits per heavy atom. The van der Waals surface area contributed by atoms with Gasteiger partial charge in [0, 0.05) is 5.92 Å². The summed E-state index contributed by atoms with van der Waals surface area (Å²) in [7, 11) is 0. The maximum absolute atomic E-state index is 11.9. The molecule has 16 heavy (non-hydrogen) atoms. The minimum absolute atomic E-state index is 0.0186. The molecule has 3 unspecified atom stereocenters. The number of rotatable bonds is 5. The SMILES string of the molecule is CCC(N=O)C(=O)C1CC1c1ccccc1. The van der Waals surface area contributed by atoms with Crippen molar-refractivity contribution in [3.8, 4) is 0 Å². The molecule has 0 spiro atoms. The van der Waals surface area contributed by atoms with Gasteiger partial charge < -0.3 is 0 Å². The molecule has 0 aliphatic heterocycles. The topological polar surface area (TPSA) is 46.5 Å². The van der Waals surface area contributed by atoms with Crippen LogP contribution in [0.25, 0.3) is 0 Å². The Morgan fingerprint density at radius 2 is 2.12 bits per heavy atom. The highest BCUT2D eigenvalue weighted by Gasteiger charge is 2.45. The Balaban J connectivity index is 2.02. The molecule has 0 aromatic heterocycles. The molecule has 3 nitrogen and oxygen atoms in total. The average Bonchev–Trinajstić information content (AvgIpc) is 3.11. The van der Waals surface area contributed by atoms with Crippen LogP contribution in [-0.4, -0.2) is 11.8 Å². The van der Waals surface area contributed by atoms with E-state index >= 15 is 0 Å². The summed E-state index contributed by atoms with van der Waals surface area (Å²) in [6.07, 6.45) is 1.38. The van der Waals surface area contributed by atoms with Gasteiger partial charge in [-0.05, 0) is 24.3 Å². The summed E-state index contributed by atoms with van der Waals surface area (Å²) in [5.74, 6) is 0.348. The van der Waals surface area contributed by atoms with E-state index < -0.39 is 6.04 Å². The van der Waals surface area contributed by atoms with E-state index in [2.05, 4.69) is 5.18 Å². The Hall–Kier alpha value is -1.51. The van der Waals surface area contributed by atoms with Crippen LogP contribution in [0.4, 0.5) is 0 Å². The predicted octanol–water partition coefficient (Wildman–Crippen LogP) is 2.90. The maximum Gasteiger partial charge on any atom is 0.164 e. The zero-order valence-corrected chi connectivity index (χ0v) is 9.30. The fourth-order valence-corrected chi connectivity index (χ4v) is 2.15. The molecule has 1 fully saturated rings. The summed E-state index contributed by atoms with van der Waals surface area (Å²) >= 11 is 0. The molecule has 0 saturated heterocycles. The summed E-state index contributed by atoms with van der Waals surface area (Å²) in [4.78, 5) is 22.3. The van der Waals surface area contributed by atoms with Crippen LogP contribution in [0.2, 0.25) is 0 Å². The van der Waals surface area contributed by atoms with Crippen molar-refractivity contribution in [2.45, 2.75) is 31.7 Å². The summed E-state index contributed by atoms with van der Waals surface area (Å²) in [5.41, 5.74) is 1.20. The second kappa shape index (κ2) is 4.56. The van der Waals surface area contributed by atoms with Gasteiger partial charge in [-0.3, -0.25) is 4.79 Å². The molecule has 1 aliphatic carbocycles. The number of ketones is 1. The number of Topliss-reactive ketones (excluding diaryl/α,β-unsaturated/α-hetero) is 1. The number of nitrogens with zero attached hydrogens (tertiary/aromatic N) is 1. The third-order valence-electron chi connectivity index (χ3n) is 3.23. The molecule has 2 rings (SSSR count). The maximum atomic E-state index is 11.9. The molecule has 1 aromatic carbocycles. The second-order valence-electron chi connectivity index (χ2n) is 4.29. The molecule has 1 saturated carbocycles. The largest absolute Gasteiger partial charge is 0.297 e. The van der Waals surface area contributed by atoms with E-state index in [0.717, 1.165) is 6.42 Å². The lowest BCUT2D eigenvalue weighted by molar-refractivity contribution is -0.121. The van der Waals surface area contributed by atoms with Gasteiger partial charge in [0.1, 0.15) is 0 Å². The van der Waals surface area contributed by atoms with Gasteiger partial charge in [-0.1, -0.05) is 42.4 Å². The molecule has 84 valence electrons. The second-order valence-corrected chi connectivity index (χ2v) is 4.29. The van der Waals surface area contributed by atoms with Crippen LogP contribution < -0.4 is 0 Å². The van der Waals surface area contributed by atoms with Crippen LogP contribution in [-0.2, 0) is 4.79 Å². The highest BCUT2D eigenvalue weighted by molar-refractivity contribution is 5.89. The molecule has 0 heterocycles.